The monoisotopic (exact) mass is 410 g/mol. The quantitative estimate of drug-likeness (QED) is 0.757. The highest BCUT2D eigenvalue weighted by Crippen LogP contribution is 2.37. The van der Waals surface area contributed by atoms with E-state index < -0.39 is 0 Å². The molecule has 5 heteroatoms. The number of hydrogen-bond donors (Lipinski definition) is 0. The number of ether oxygens (including phenoxy) is 1. The van der Waals surface area contributed by atoms with Gasteiger partial charge in [0.05, 0.1) is 0 Å². The van der Waals surface area contributed by atoms with Crippen LogP contribution in [0.3, 0.4) is 0 Å². The molecule has 3 aliphatic heterocycles. The predicted octanol–water partition coefficient (Wildman–Crippen LogP) is 4.27. The standard InChI is InChI=1S/C24H27ClN2O2/c25-21-6-2-17(3-7-21)1-4-19-5-8-23-20-13-18(15-27(23)24(19)28)14-26(16-20)22-9-11-29-12-10-22/h1-8,18,20,22H,9-16H2/t18-,20-/m1/s1. The summed E-state index contributed by atoms with van der Waals surface area (Å²) >= 11 is 5.95. The Balaban J connectivity index is 1.38. The van der Waals surface area contributed by atoms with Gasteiger partial charge >= 0.3 is 0 Å². The Bertz CT molecular complexity index is 960. The first-order valence-corrected chi connectivity index (χ1v) is 11.0. The first-order chi connectivity index (χ1) is 14.2. The normalized spacial score (nSPS) is 25.3. The number of fused-ring (bicyclic) bond motifs is 4. The van der Waals surface area contributed by atoms with Crippen LogP contribution in [0, 0.1) is 5.92 Å². The molecule has 2 atom stereocenters. The number of nitrogens with zero attached hydrogens (tertiary/aromatic N) is 2. The van der Waals surface area contributed by atoms with Crippen molar-refractivity contribution >= 4 is 23.8 Å². The molecule has 29 heavy (non-hydrogen) atoms. The number of pyridine rings is 1. The van der Waals surface area contributed by atoms with Crippen molar-refractivity contribution in [2.75, 3.05) is 26.3 Å². The molecule has 1 aromatic carbocycles. The first kappa shape index (κ1) is 19.1. The molecule has 0 amide bonds. The van der Waals surface area contributed by atoms with Crippen LogP contribution in [-0.4, -0.2) is 41.8 Å². The third-order valence-electron chi connectivity index (χ3n) is 6.69. The van der Waals surface area contributed by atoms with Gasteiger partial charge in [-0.1, -0.05) is 29.8 Å². The van der Waals surface area contributed by atoms with Crippen LogP contribution in [0.15, 0.2) is 41.2 Å². The lowest BCUT2D eigenvalue weighted by Gasteiger charge is -2.46. The maximum Gasteiger partial charge on any atom is 0.258 e. The SMILES string of the molecule is O=c1c(C=Cc2ccc(Cl)cc2)ccc2n1C[C@@H]1C[C@@H]2CN(C2CCOCC2)C1. The molecule has 0 saturated carbocycles. The highest BCUT2D eigenvalue weighted by atomic mass is 35.5. The summed E-state index contributed by atoms with van der Waals surface area (Å²) in [5.41, 5.74) is 3.15. The number of benzene rings is 1. The van der Waals surface area contributed by atoms with Crippen molar-refractivity contribution in [1.29, 1.82) is 0 Å². The van der Waals surface area contributed by atoms with E-state index in [1.165, 1.54) is 12.1 Å². The molecule has 3 aliphatic rings. The Morgan fingerprint density at radius 2 is 1.76 bits per heavy atom. The Hall–Kier alpha value is -1.88. The summed E-state index contributed by atoms with van der Waals surface area (Å²) in [4.78, 5) is 15.8. The number of aromatic nitrogens is 1. The molecule has 2 fully saturated rings. The molecule has 4 heterocycles. The van der Waals surface area contributed by atoms with Gasteiger partial charge in [-0.15, -0.1) is 0 Å². The molecule has 152 valence electrons. The molecule has 2 aromatic rings. The van der Waals surface area contributed by atoms with Crippen LogP contribution in [-0.2, 0) is 11.3 Å². The molecule has 1 aromatic heterocycles. The fourth-order valence-electron chi connectivity index (χ4n) is 5.23. The van der Waals surface area contributed by atoms with E-state index in [4.69, 9.17) is 16.3 Å². The van der Waals surface area contributed by atoms with E-state index in [0.29, 0.717) is 17.9 Å². The van der Waals surface area contributed by atoms with Gasteiger partial charge in [0, 0.05) is 61.1 Å². The smallest absolute Gasteiger partial charge is 0.258 e. The summed E-state index contributed by atoms with van der Waals surface area (Å²) in [5.74, 6) is 1.03. The summed E-state index contributed by atoms with van der Waals surface area (Å²) in [6.07, 6.45) is 7.40. The van der Waals surface area contributed by atoms with Gasteiger partial charge < -0.3 is 9.30 Å². The largest absolute Gasteiger partial charge is 0.381 e. The molecule has 0 radical (unpaired) electrons. The summed E-state index contributed by atoms with van der Waals surface area (Å²) in [7, 11) is 0. The fourth-order valence-corrected chi connectivity index (χ4v) is 5.36. The summed E-state index contributed by atoms with van der Waals surface area (Å²) in [5, 5.41) is 0.720. The molecule has 0 aliphatic carbocycles. The van der Waals surface area contributed by atoms with Gasteiger partial charge in [0.25, 0.3) is 5.56 Å². The van der Waals surface area contributed by atoms with Crippen LogP contribution < -0.4 is 5.56 Å². The highest BCUT2D eigenvalue weighted by Gasteiger charge is 2.37. The summed E-state index contributed by atoms with van der Waals surface area (Å²) in [6, 6.07) is 12.5. The summed E-state index contributed by atoms with van der Waals surface area (Å²) < 4.78 is 7.59. The molecule has 0 N–H and O–H groups in total. The van der Waals surface area contributed by atoms with E-state index in [-0.39, 0.29) is 5.56 Å². The van der Waals surface area contributed by atoms with Crippen LogP contribution in [0.1, 0.15) is 42.0 Å². The van der Waals surface area contributed by atoms with E-state index in [1.807, 2.05) is 47.1 Å². The minimum atomic E-state index is 0.141. The third-order valence-corrected chi connectivity index (χ3v) is 6.95. The summed E-state index contributed by atoms with van der Waals surface area (Å²) in [6.45, 7) is 4.79. The molecular weight excluding hydrogens is 384 g/mol. The average molecular weight is 411 g/mol. The van der Waals surface area contributed by atoms with Gasteiger partial charge in [-0.05, 0) is 61.1 Å². The Kier molecular flexibility index (Phi) is 5.33. The van der Waals surface area contributed by atoms with E-state index in [1.54, 1.807) is 0 Å². The van der Waals surface area contributed by atoms with Crippen molar-refractivity contribution in [2.45, 2.75) is 37.8 Å². The van der Waals surface area contributed by atoms with Gasteiger partial charge in [-0.2, -0.15) is 0 Å². The third kappa shape index (κ3) is 3.94. The zero-order valence-electron chi connectivity index (χ0n) is 16.6. The van der Waals surface area contributed by atoms with Gasteiger partial charge in [0.15, 0.2) is 0 Å². The van der Waals surface area contributed by atoms with Crippen LogP contribution >= 0.6 is 11.6 Å². The van der Waals surface area contributed by atoms with Gasteiger partial charge in [0.2, 0.25) is 0 Å². The van der Waals surface area contributed by atoms with E-state index >= 15 is 0 Å². The van der Waals surface area contributed by atoms with Crippen LogP contribution in [0.4, 0.5) is 0 Å². The lowest BCUT2D eigenvalue weighted by molar-refractivity contribution is 0.00586. The zero-order valence-corrected chi connectivity index (χ0v) is 17.4. The molecular formula is C24H27ClN2O2. The molecule has 0 unspecified atom stereocenters. The van der Waals surface area contributed by atoms with Crippen molar-refractivity contribution in [1.82, 2.24) is 9.47 Å². The van der Waals surface area contributed by atoms with E-state index in [0.717, 1.165) is 61.8 Å². The van der Waals surface area contributed by atoms with Crippen LogP contribution in [0.5, 0.6) is 0 Å². The number of halogens is 1. The lowest BCUT2D eigenvalue weighted by atomic mass is 9.82. The van der Waals surface area contributed by atoms with Crippen molar-refractivity contribution in [3.63, 3.8) is 0 Å². The van der Waals surface area contributed by atoms with Crippen molar-refractivity contribution in [3.8, 4) is 0 Å². The van der Waals surface area contributed by atoms with Crippen molar-refractivity contribution in [2.24, 2.45) is 5.92 Å². The minimum Gasteiger partial charge on any atom is -0.381 e. The molecule has 0 spiro atoms. The lowest BCUT2D eigenvalue weighted by Crippen LogP contribution is -2.51. The fraction of sp³-hybridized carbons (Fsp3) is 0.458. The van der Waals surface area contributed by atoms with Crippen LogP contribution in [0.2, 0.25) is 5.02 Å². The van der Waals surface area contributed by atoms with Crippen molar-refractivity contribution in [3.05, 3.63) is 68.6 Å². The average Bonchev–Trinajstić information content (AvgIpc) is 2.75. The highest BCUT2D eigenvalue weighted by molar-refractivity contribution is 6.30. The first-order valence-electron chi connectivity index (χ1n) is 10.7. The predicted molar refractivity (Wildman–Crippen MR) is 117 cm³/mol. The maximum atomic E-state index is 13.2. The Morgan fingerprint density at radius 3 is 2.55 bits per heavy atom. The molecule has 5 rings (SSSR count). The van der Waals surface area contributed by atoms with E-state index in [9.17, 15) is 4.79 Å². The molecule has 2 bridgehead atoms. The second-order valence-electron chi connectivity index (χ2n) is 8.61. The molecule has 4 nitrogen and oxygen atoms in total. The number of rotatable bonds is 3. The molecule has 2 saturated heterocycles. The van der Waals surface area contributed by atoms with Crippen molar-refractivity contribution < 1.29 is 4.74 Å². The maximum absolute atomic E-state index is 13.2. The topological polar surface area (TPSA) is 34.5 Å². The van der Waals surface area contributed by atoms with Crippen LogP contribution in [0.25, 0.3) is 12.2 Å². The number of hydrogen-bond acceptors (Lipinski definition) is 3. The minimum absolute atomic E-state index is 0.141. The number of piperidine rings is 1. The second kappa shape index (κ2) is 8.10. The van der Waals surface area contributed by atoms with Gasteiger partial charge in [-0.25, -0.2) is 0 Å². The second-order valence-corrected chi connectivity index (χ2v) is 9.05. The van der Waals surface area contributed by atoms with E-state index in [2.05, 4.69) is 11.0 Å². The Morgan fingerprint density at radius 1 is 0.966 bits per heavy atom. The Labute approximate surface area is 176 Å². The number of likely N-dealkylation sites (tertiary alicyclic amines) is 1. The van der Waals surface area contributed by atoms with Gasteiger partial charge in [0.1, 0.15) is 0 Å². The van der Waals surface area contributed by atoms with Gasteiger partial charge in [-0.3, -0.25) is 9.69 Å². The zero-order chi connectivity index (χ0) is 19.8.